The van der Waals surface area contributed by atoms with Crippen LogP contribution in [0.2, 0.25) is 0 Å². The predicted molar refractivity (Wildman–Crippen MR) is 374 cm³/mol. The molecule has 16 rings (SSSR count). The second-order valence-electron chi connectivity index (χ2n) is 33.0. The Morgan fingerprint density at radius 2 is 1.39 bits per heavy atom. The van der Waals surface area contributed by atoms with E-state index in [4.69, 9.17) is 9.47 Å². The van der Waals surface area contributed by atoms with Crippen LogP contribution in [0.3, 0.4) is 0 Å². The first kappa shape index (κ1) is 63.0. The quantitative estimate of drug-likeness (QED) is 0.0754. The smallest absolute Gasteiger partial charge is 0.331 e. The van der Waals surface area contributed by atoms with Gasteiger partial charge in [-0.1, -0.05) is 176 Å². The summed E-state index contributed by atoms with van der Waals surface area (Å²) < 4.78 is 13.4. The number of benzene rings is 5. The van der Waals surface area contributed by atoms with E-state index in [0.29, 0.717) is 74.5 Å². The van der Waals surface area contributed by atoms with Gasteiger partial charge in [-0.05, 0) is 249 Å². The number of aliphatic hydroxyl groups is 3. The molecule has 7 nitrogen and oxygen atoms in total. The molecule has 3 N–H and O–H groups in total. The van der Waals surface area contributed by atoms with Gasteiger partial charge in [0.1, 0.15) is 12.7 Å². The molecule has 3 heterocycles. The minimum Gasteiger partial charge on any atom is -0.462 e. The molecular formula is C84H100O7S2. The average Bonchev–Trinajstić information content (AvgIpc) is 1.56. The summed E-state index contributed by atoms with van der Waals surface area (Å²) in [5.74, 6) is 11.1. The third-order valence-corrected chi connectivity index (χ3v) is 31.3. The second kappa shape index (κ2) is 24.3. The van der Waals surface area contributed by atoms with Crippen molar-refractivity contribution >= 4 is 44.3 Å². The minimum atomic E-state index is -1.80. The van der Waals surface area contributed by atoms with Crippen LogP contribution in [0.1, 0.15) is 213 Å². The molecule has 3 aliphatic heterocycles. The van der Waals surface area contributed by atoms with Crippen molar-refractivity contribution in [2.24, 2.45) is 68.5 Å². The zero-order chi connectivity index (χ0) is 63.5. The van der Waals surface area contributed by atoms with Crippen LogP contribution in [0.4, 0.5) is 0 Å². The van der Waals surface area contributed by atoms with Crippen LogP contribution in [0, 0.1) is 80.3 Å². The Morgan fingerprint density at radius 3 is 2.16 bits per heavy atom. The molecule has 6 saturated carbocycles. The van der Waals surface area contributed by atoms with Crippen molar-refractivity contribution in [2.45, 2.75) is 222 Å². The van der Waals surface area contributed by atoms with Crippen molar-refractivity contribution in [2.75, 3.05) is 18.1 Å². The van der Waals surface area contributed by atoms with Crippen molar-refractivity contribution in [1.29, 1.82) is 0 Å². The molecule has 7 fully saturated rings. The molecule has 9 heteroatoms. The van der Waals surface area contributed by atoms with Gasteiger partial charge in [0.05, 0.1) is 34.1 Å². The molecule has 490 valence electrons. The van der Waals surface area contributed by atoms with Gasteiger partial charge in [0, 0.05) is 41.8 Å². The highest BCUT2D eigenvalue weighted by molar-refractivity contribution is 8.76. The van der Waals surface area contributed by atoms with Gasteiger partial charge in [0.2, 0.25) is 0 Å². The summed E-state index contributed by atoms with van der Waals surface area (Å²) in [4.78, 5) is 29.8. The molecule has 5 aromatic carbocycles. The maximum atomic E-state index is 16.8. The van der Waals surface area contributed by atoms with Gasteiger partial charge in [-0.2, -0.15) is 0 Å². The number of esters is 2. The second-order valence-corrected chi connectivity index (χ2v) is 35.6. The molecule has 20 atom stereocenters. The Balaban J connectivity index is 0.850. The van der Waals surface area contributed by atoms with Crippen LogP contribution < -0.4 is 0 Å². The summed E-state index contributed by atoms with van der Waals surface area (Å²) in [7, 11) is 3.91. The summed E-state index contributed by atoms with van der Waals surface area (Å²) in [6.07, 6.45) is 19.1. The molecule has 0 radical (unpaired) electrons. The van der Waals surface area contributed by atoms with E-state index in [2.05, 4.69) is 154 Å². The van der Waals surface area contributed by atoms with Gasteiger partial charge in [-0.15, -0.1) is 5.92 Å². The standard InChI is InChI=1S/C84H100O7S2/c1-54-26-31-70(85)84-71(86)35-39-79(3,63-34-41-80-40-33-61-49-81(62-22-11-6-12-23-62)37-14-13-25-67(81)66-30-28-60-21-15-24-65(68(80)47-63)73(60)74(66)75(61)80)76(84)69-50-78(2,83(84,89)42-32-58-46-72(87)90-51-58)36-16-38-82(77(88)91-69)48-57(44-55-17-7-4-8-18-55)27-29-64(82)53-93-92-52-59(43-54)45-56-19-9-5-10-20-56/h4-12,15,17-24,28,30,46,54,57,59,61,63-64,67-71,75-76,85-86,89H,13-14,25-27,29,31-35,37-45,47-53H2,1-3H3. The highest BCUT2D eigenvalue weighted by Gasteiger charge is 2.79. The SMILES string of the molecule is CC1CCC(O)C23C(O)CCC(C)(C4CCC56CCC7CC8(c9ccccc9)CCCCC8c8ccc9cccc(c9c8C75)C6C4)C2C2CC(C)(C#CCC4(CC(Cc5ccccc5)CCC4CSSCC(Cc4ccccc4)C1)C(=O)O2)C3(O)CCC1=CC(=O)OC1. The normalized spacial score (nSPS) is 41.9. The van der Waals surface area contributed by atoms with Crippen LogP contribution in [-0.4, -0.2) is 69.3 Å². The third kappa shape index (κ3) is 10.0. The molecule has 0 aromatic heterocycles. The topological polar surface area (TPSA) is 113 Å². The lowest BCUT2D eigenvalue weighted by Crippen LogP contribution is -2.79. The maximum absolute atomic E-state index is 16.8. The maximum Gasteiger partial charge on any atom is 0.331 e. The summed E-state index contributed by atoms with van der Waals surface area (Å²) >= 11 is 0. The number of rotatable bonds is 9. The number of fused-ring (bicyclic) bond motifs is 5. The van der Waals surface area contributed by atoms with Crippen LogP contribution in [0.5, 0.6) is 0 Å². The molecule has 93 heavy (non-hydrogen) atoms. The van der Waals surface area contributed by atoms with Crippen molar-refractivity contribution in [1.82, 2.24) is 0 Å². The van der Waals surface area contributed by atoms with E-state index in [9.17, 15) is 15.0 Å². The van der Waals surface area contributed by atoms with Gasteiger partial charge in [-0.25, -0.2) is 4.79 Å². The molecule has 5 aromatic rings. The van der Waals surface area contributed by atoms with E-state index >= 15 is 9.90 Å². The lowest BCUT2D eigenvalue weighted by molar-refractivity contribution is -0.340. The number of carbonyl (C=O) groups excluding carboxylic acids is 2. The van der Waals surface area contributed by atoms with Crippen LogP contribution in [-0.2, 0) is 37.3 Å². The number of cyclic esters (lactones) is 1. The lowest BCUT2D eigenvalue weighted by atomic mass is 9.34. The predicted octanol–water partition coefficient (Wildman–Crippen LogP) is 17.8. The molecule has 11 aliphatic rings. The van der Waals surface area contributed by atoms with E-state index in [1.807, 2.05) is 21.6 Å². The third-order valence-electron chi connectivity index (χ3n) is 28.7. The Labute approximate surface area is 562 Å². The van der Waals surface area contributed by atoms with Crippen molar-refractivity contribution in [3.05, 3.63) is 166 Å². The summed E-state index contributed by atoms with van der Waals surface area (Å²) in [6.45, 7) is 7.09. The highest BCUT2D eigenvalue weighted by Crippen LogP contribution is 2.78. The zero-order valence-corrected chi connectivity index (χ0v) is 57.1. The fourth-order valence-electron chi connectivity index (χ4n) is 24.7. The molecule has 0 amide bonds. The molecule has 1 saturated heterocycles. The van der Waals surface area contributed by atoms with Crippen LogP contribution >= 0.6 is 21.6 Å². The Morgan fingerprint density at radius 1 is 0.645 bits per heavy atom. The van der Waals surface area contributed by atoms with Crippen molar-refractivity contribution < 1.29 is 34.4 Å². The Kier molecular flexibility index (Phi) is 16.5. The molecule has 8 aliphatic carbocycles. The number of ether oxygens (including phenoxy) is 2. The van der Waals surface area contributed by atoms with Gasteiger partial charge in [0.25, 0.3) is 0 Å². The monoisotopic (exact) mass is 1280 g/mol. The summed E-state index contributed by atoms with van der Waals surface area (Å²) in [5, 5.41) is 46.6. The Hall–Kier alpha value is -4.82. The van der Waals surface area contributed by atoms with E-state index in [-0.39, 0.29) is 65.9 Å². The molecular weight excluding hydrogens is 1190 g/mol. The highest BCUT2D eigenvalue weighted by atomic mass is 33.1. The lowest BCUT2D eigenvalue weighted by Gasteiger charge is -2.72. The van der Waals surface area contributed by atoms with Crippen molar-refractivity contribution in [3.63, 3.8) is 0 Å². The van der Waals surface area contributed by atoms with Crippen molar-refractivity contribution in [3.8, 4) is 11.8 Å². The largest absolute Gasteiger partial charge is 0.462 e. The van der Waals surface area contributed by atoms with E-state index < -0.39 is 51.5 Å². The van der Waals surface area contributed by atoms with E-state index in [1.54, 1.807) is 22.8 Å². The van der Waals surface area contributed by atoms with E-state index in [0.717, 1.165) is 68.4 Å². The summed E-state index contributed by atoms with van der Waals surface area (Å²) in [6, 6.07) is 45.8. The van der Waals surface area contributed by atoms with Crippen LogP contribution in [0.15, 0.2) is 133 Å². The molecule has 2 spiro atoms. The number of aliphatic hydroxyl groups excluding tert-OH is 2. The number of carbonyl (C=O) groups is 2. The number of hydrogen-bond donors (Lipinski definition) is 3. The number of hydrogen-bond acceptors (Lipinski definition) is 9. The molecule has 20 unspecified atom stereocenters. The van der Waals surface area contributed by atoms with E-state index in [1.165, 1.54) is 72.4 Å². The minimum absolute atomic E-state index is 0.0128. The average molecular weight is 1290 g/mol. The Bertz CT molecular complexity index is 3730. The first-order chi connectivity index (χ1) is 45.1. The fraction of sp³-hybridized carbons (Fsp3) is 0.595. The fourth-order valence-corrected chi connectivity index (χ4v) is 27.6. The molecule has 4 bridgehead atoms. The van der Waals surface area contributed by atoms with Gasteiger partial charge in [0.15, 0.2) is 0 Å². The van der Waals surface area contributed by atoms with Gasteiger partial charge >= 0.3 is 11.9 Å². The first-order valence-corrected chi connectivity index (χ1v) is 39.2. The van der Waals surface area contributed by atoms with Gasteiger partial charge in [-0.3, -0.25) is 4.79 Å². The summed E-state index contributed by atoms with van der Waals surface area (Å²) in [5.41, 5.74) is 3.91. The van der Waals surface area contributed by atoms with Crippen LogP contribution in [0.25, 0.3) is 10.8 Å². The van der Waals surface area contributed by atoms with Gasteiger partial charge < -0.3 is 24.8 Å². The zero-order valence-electron chi connectivity index (χ0n) is 55.5. The first-order valence-electron chi connectivity index (χ1n) is 36.7.